The van der Waals surface area contributed by atoms with E-state index < -0.39 is 0 Å². The van der Waals surface area contributed by atoms with Crippen molar-refractivity contribution in [1.29, 1.82) is 0 Å². The first-order valence-electron chi connectivity index (χ1n) is 5.98. The molecule has 0 amide bonds. The predicted octanol–water partition coefficient (Wildman–Crippen LogP) is 4.40. The van der Waals surface area contributed by atoms with Crippen LogP contribution in [0.2, 0.25) is 0 Å². The molecule has 2 atom stereocenters. The van der Waals surface area contributed by atoms with Crippen molar-refractivity contribution in [2.24, 2.45) is 0 Å². The van der Waals surface area contributed by atoms with Crippen molar-refractivity contribution in [1.82, 2.24) is 5.32 Å². The van der Waals surface area contributed by atoms with Gasteiger partial charge < -0.3 is 5.32 Å². The Morgan fingerprint density at radius 3 is 2.65 bits per heavy atom. The average molecular weight is 265 g/mol. The zero-order chi connectivity index (χ0) is 12.3. The van der Waals surface area contributed by atoms with Crippen LogP contribution in [0.15, 0.2) is 29.0 Å². The molecule has 0 aliphatic rings. The minimum Gasteiger partial charge on any atom is -0.307 e. The Morgan fingerprint density at radius 1 is 1.24 bits per heavy atom. The summed E-state index contributed by atoms with van der Waals surface area (Å²) in [5.41, 5.74) is 1.43. The highest BCUT2D eigenvalue weighted by Crippen LogP contribution is 2.23. The molecule has 3 heteroatoms. The lowest BCUT2D eigenvalue weighted by atomic mass is 10.1. The number of aryl methyl sites for hydroxylation is 1. The Labute approximate surface area is 112 Å². The van der Waals surface area contributed by atoms with Crippen molar-refractivity contribution in [3.05, 3.63) is 44.3 Å². The lowest BCUT2D eigenvalue weighted by Gasteiger charge is -2.18. The van der Waals surface area contributed by atoms with Crippen LogP contribution >= 0.6 is 22.7 Å². The first kappa shape index (κ1) is 12.8. The van der Waals surface area contributed by atoms with Gasteiger partial charge in [0.2, 0.25) is 0 Å². The molecule has 17 heavy (non-hydrogen) atoms. The third kappa shape index (κ3) is 3.66. The normalized spacial score (nSPS) is 14.8. The molecular weight excluding hydrogens is 246 g/mol. The topological polar surface area (TPSA) is 12.0 Å². The molecule has 2 unspecified atom stereocenters. The fourth-order valence-corrected chi connectivity index (χ4v) is 3.59. The standard InChI is InChI=1S/C14H19NS2/c1-10(8-13-6-7-16-9-13)15-12(3)14-5-4-11(2)17-14/h4-7,9-10,12,15H,8H2,1-3H3. The molecular formula is C14H19NS2. The highest BCUT2D eigenvalue weighted by molar-refractivity contribution is 7.12. The molecule has 0 bridgehead atoms. The summed E-state index contributed by atoms with van der Waals surface area (Å²) in [5, 5.41) is 8.04. The second kappa shape index (κ2) is 5.80. The maximum Gasteiger partial charge on any atom is 0.0388 e. The Kier molecular flexibility index (Phi) is 4.37. The van der Waals surface area contributed by atoms with Crippen molar-refractivity contribution >= 4 is 22.7 Å². The van der Waals surface area contributed by atoms with Gasteiger partial charge in [0.15, 0.2) is 0 Å². The van der Waals surface area contributed by atoms with Crippen LogP contribution in [0.4, 0.5) is 0 Å². The third-order valence-electron chi connectivity index (χ3n) is 2.84. The molecule has 0 spiro atoms. The van der Waals surface area contributed by atoms with Crippen molar-refractivity contribution in [3.63, 3.8) is 0 Å². The van der Waals surface area contributed by atoms with Crippen LogP contribution in [0.25, 0.3) is 0 Å². The van der Waals surface area contributed by atoms with Gasteiger partial charge in [-0.3, -0.25) is 0 Å². The van der Waals surface area contributed by atoms with Crippen LogP contribution < -0.4 is 5.32 Å². The van der Waals surface area contributed by atoms with Crippen molar-refractivity contribution in [2.45, 2.75) is 39.3 Å². The lowest BCUT2D eigenvalue weighted by Crippen LogP contribution is -2.30. The summed E-state index contributed by atoms with van der Waals surface area (Å²) in [5.74, 6) is 0. The molecule has 2 aromatic heterocycles. The highest BCUT2D eigenvalue weighted by atomic mass is 32.1. The van der Waals surface area contributed by atoms with E-state index in [-0.39, 0.29) is 0 Å². The van der Waals surface area contributed by atoms with Gasteiger partial charge in [-0.2, -0.15) is 11.3 Å². The van der Waals surface area contributed by atoms with Gasteiger partial charge in [0.05, 0.1) is 0 Å². The molecule has 0 saturated heterocycles. The number of nitrogens with one attached hydrogen (secondary N) is 1. The summed E-state index contributed by atoms with van der Waals surface area (Å²) >= 11 is 3.66. The minimum absolute atomic E-state index is 0.447. The van der Waals surface area contributed by atoms with Gasteiger partial charge in [0.25, 0.3) is 0 Å². The molecule has 0 saturated carbocycles. The summed E-state index contributed by atoms with van der Waals surface area (Å²) in [6.45, 7) is 6.67. The van der Waals surface area contributed by atoms with E-state index in [0.29, 0.717) is 12.1 Å². The van der Waals surface area contributed by atoms with Crippen LogP contribution in [0.5, 0.6) is 0 Å². The van der Waals surface area contributed by atoms with E-state index in [1.807, 2.05) is 11.3 Å². The summed E-state index contributed by atoms with van der Waals surface area (Å²) < 4.78 is 0. The van der Waals surface area contributed by atoms with Crippen molar-refractivity contribution in [2.75, 3.05) is 0 Å². The molecule has 0 aliphatic heterocycles. The van der Waals surface area contributed by atoms with Gasteiger partial charge in [-0.25, -0.2) is 0 Å². The van der Waals surface area contributed by atoms with Gasteiger partial charge in [-0.05, 0) is 61.7 Å². The highest BCUT2D eigenvalue weighted by Gasteiger charge is 2.11. The molecule has 2 heterocycles. The molecule has 1 nitrogen and oxygen atoms in total. The number of hydrogen-bond donors (Lipinski definition) is 1. The summed E-state index contributed by atoms with van der Waals surface area (Å²) in [7, 11) is 0. The second-order valence-corrected chi connectivity index (χ2v) is 6.67. The summed E-state index contributed by atoms with van der Waals surface area (Å²) in [6.07, 6.45) is 1.11. The fraction of sp³-hybridized carbons (Fsp3) is 0.429. The SMILES string of the molecule is Cc1ccc(C(C)NC(C)Cc2ccsc2)s1. The quantitative estimate of drug-likeness (QED) is 0.845. The smallest absolute Gasteiger partial charge is 0.0388 e. The first-order chi connectivity index (χ1) is 8.15. The monoisotopic (exact) mass is 265 g/mol. The van der Waals surface area contributed by atoms with Crippen LogP contribution in [0.3, 0.4) is 0 Å². The maximum atomic E-state index is 3.66. The Balaban J connectivity index is 1.88. The molecule has 0 radical (unpaired) electrons. The van der Waals surface area contributed by atoms with Gasteiger partial charge in [0, 0.05) is 21.8 Å². The zero-order valence-electron chi connectivity index (χ0n) is 10.6. The van der Waals surface area contributed by atoms with E-state index >= 15 is 0 Å². The molecule has 2 rings (SSSR count). The zero-order valence-corrected chi connectivity index (χ0v) is 12.2. The number of rotatable bonds is 5. The molecule has 2 aromatic rings. The number of hydrogen-bond acceptors (Lipinski definition) is 3. The fourth-order valence-electron chi connectivity index (χ4n) is 2.02. The Hall–Kier alpha value is -0.640. The van der Waals surface area contributed by atoms with Crippen LogP contribution in [0.1, 0.15) is 35.2 Å². The average Bonchev–Trinajstić information content (AvgIpc) is 2.89. The molecule has 1 N–H and O–H groups in total. The molecule has 0 aliphatic carbocycles. The van der Waals surface area contributed by atoms with Gasteiger partial charge >= 0.3 is 0 Å². The third-order valence-corrected chi connectivity index (χ3v) is 4.76. The van der Waals surface area contributed by atoms with Crippen LogP contribution in [0, 0.1) is 6.92 Å². The maximum absolute atomic E-state index is 3.66. The van der Waals surface area contributed by atoms with Gasteiger partial charge in [0.1, 0.15) is 0 Å². The molecule has 92 valence electrons. The van der Waals surface area contributed by atoms with Crippen LogP contribution in [-0.2, 0) is 6.42 Å². The molecule has 0 fully saturated rings. The lowest BCUT2D eigenvalue weighted by molar-refractivity contribution is 0.482. The van der Waals surface area contributed by atoms with Crippen molar-refractivity contribution < 1.29 is 0 Å². The van der Waals surface area contributed by atoms with Gasteiger partial charge in [-0.1, -0.05) is 0 Å². The van der Waals surface area contributed by atoms with E-state index in [1.54, 1.807) is 11.3 Å². The van der Waals surface area contributed by atoms with E-state index in [2.05, 4.69) is 55.0 Å². The Bertz CT molecular complexity index is 444. The molecule has 0 aromatic carbocycles. The second-order valence-electron chi connectivity index (χ2n) is 4.57. The minimum atomic E-state index is 0.447. The Morgan fingerprint density at radius 2 is 2.06 bits per heavy atom. The van der Waals surface area contributed by atoms with E-state index in [0.717, 1.165) is 6.42 Å². The predicted molar refractivity (Wildman–Crippen MR) is 78.1 cm³/mol. The van der Waals surface area contributed by atoms with Crippen molar-refractivity contribution in [3.8, 4) is 0 Å². The first-order valence-corrected chi connectivity index (χ1v) is 7.74. The van der Waals surface area contributed by atoms with E-state index in [1.165, 1.54) is 15.3 Å². The summed E-state index contributed by atoms with van der Waals surface area (Å²) in [6, 6.07) is 7.60. The van der Waals surface area contributed by atoms with E-state index in [4.69, 9.17) is 0 Å². The number of thiophene rings is 2. The van der Waals surface area contributed by atoms with E-state index in [9.17, 15) is 0 Å². The van der Waals surface area contributed by atoms with Gasteiger partial charge in [-0.15, -0.1) is 11.3 Å². The summed E-state index contributed by atoms with van der Waals surface area (Å²) in [4.78, 5) is 2.82. The van der Waals surface area contributed by atoms with Crippen LogP contribution in [-0.4, -0.2) is 6.04 Å². The largest absolute Gasteiger partial charge is 0.307 e.